The highest BCUT2D eigenvalue weighted by atomic mass is 32.2. The van der Waals surface area contributed by atoms with Crippen molar-refractivity contribution in [3.05, 3.63) is 71.8 Å². The van der Waals surface area contributed by atoms with Crippen molar-refractivity contribution in [1.29, 1.82) is 0 Å². The minimum atomic E-state index is -0.787. The maximum Gasteiger partial charge on any atom is 0.404 e. The van der Waals surface area contributed by atoms with Gasteiger partial charge in [0.05, 0.1) is 12.8 Å². The van der Waals surface area contributed by atoms with E-state index in [9.17, 15) is 24.0 Å². The molecule has 0 bridgehead atoms. The number of thioether (sulfide) groups is 2. The van der Waals surface area contributed by atoms with E-state index >= 15 is 0 Å². The highest BCUT2D eigenvalue weighted by Gasteiger charge is 2.11. The van der Waals surface area contributed by atoms with Crippen LogP contribution < -0.4 is 11.5 Å². The van der Waals surface area contributed by atoms with Crippen LogP contribution >= 0.6 is 23.5 Å². The number of hydrogen-bond acceptors (Lipinski definition) is 9. The number of aliphatic carboxylic acids is 3. The van der Waals surface area contributed by atoms with Crippen LogP contribution in [0.15, 0.2) is 60.7 Å². The normalized spacial score (nSPS) is 10.6. The number of nitrogens with two attached hydrogens (primary N) is 2. The molecule has 0 radical (unpaired) electrons. The molecule has 0 aliphatic rings. The molecule has 0 heterocycles. The van der Waals surface area contributed by atoms with Crippen LogP contribution in [0, 0.1) is 0 Å². The summed E-state index contributed by atoms with van der Waals surface area (Å²) in [7, 11) is 0. The topological polar surface area (TPSA) is 217 Å². The summed E-state index contributed by atoms with van der Waals surface area (Å²) in [5.74, 6) is -0.266. The molecule has 262 valence electrons. The van der Waals surface area contributed by atoms with E-state index in [4.69, 9.17) is 26.8 Å². The van der Waals surface area contributed by atoms with Gasteiger partial charge in [0, 0.05) is 28.9 Å². The predicted molar refractivity (Wildman–Crippen MR) is 184 cm³/mol. The molecule has 1 unspecified atom stereocenters. The Morgan fingerprint density at radius 2 is 1.02 bits per heavy atom. The van der Waals surface area contributed by atoms with E-state index in [1.54, 1.807) is 23.5 Å². The van der Waals surface area contributed by atoms with Gasteiger partial charge >= 0.3 is 30.1 Å². The van der Waals surface area contributed by atoms with E-state index in [1.165, 1.54) is 0 Å². The van der Waals surface area contributed by atoms with Crippen molar-refractivity contribution in [2.75, 3.05) is 17.3 Å². The van der Waals surface area contributed by atoms with E-state index in [0.717, 1.165) is 61.8 Å². The monoisotopic (exact) mass is 696 g/mol. The first-order valence-corrected chi connectivity index (χ1v) is 17.5. The third-order valence-corrected chi connectivity index (χ3v) is 8.70. The molecule has 7 N–H and O–H groups in total. The lowest BCUT2D eigenvalue weighted by atomic mass is 10.1. The lowest BCUT2D eigenvalue weighted by Crippen LogP contribution is -2.12. The molecule has 2 rings (SSSR count). The first kappa shape index (κ1) is 43.1. The van der Waals surface area contributed by atoms with Gasteiger partial charge in [-0.3, -0.25) is 14.4 Å². The van der Waals surface area contributed by atoms with Gasteiger partial charge in [-0.15, -0.1) is 0 Å². The Kier molecular flexibility index (Phi) is 27.0. The molecule has 0 spiro atoms. The van der Waals surface area contributed by atoms with Crippen LogP contribution in [0.5, 0.6) is 0 Å². The zero-order chi connectivity index (χ0) is 35.1. The molecule has 2 aromatic rings. The zero-order valence-corrected chi connectivity index (χ0v) is 28.3. The number of carbonyl (C=O) groups is 5. The van der Waals surface area contributed by atoms with Gasteiger partial charge in [0.2, 0.25) is 0 Å². The van der Waals surface area contributed by atoms with Crippen LogP contribution in [-0.4, -0.2) is 67.9 Å². The Morgan fingerprint density at radius 3 is 1.47 bits per heavy atom. The van der Waals surface area contributed by atoms with Gasteiger partial charge in [-0.1, -0.05) is 92.8 Å². The second-order valence-corrected chi connectivity index (χ2v) is 12.7. The lowest BCUT2D eigenvalue weighted by Gasteiger charge is -2.15. The Hall–Kier alpha value is -3.91. The SMILES string of the molecule is NC(=O)OCc1ccccc1.NC(=O)OCc1ccccc1.O=C(O)CCCCCCCCC(CSCCC(=O)O)SCCC(=O)O. The predicted octanol–water partition coefficient (Wildman–Crippen LogP) is 6.54. The fourth-order valence-electron chi connectivity index (χ4n) is 3.71. The van der Waals surface area contributed by atoms with Crippen molar-refractivity contribution in [3.63, 3.8) is 0 Å². The van der Waals surface area contributed by atoms with Crippen molar-refractivity contribution < 1.29 is 48.8 Å². The highest BCUT2D eigenvalue weighted by molar-refractivity contribution is 8.03. The number of benzene rings is 2. The standard InChI is InChI=1S/C17H30O6S2.2C8H9NO2/c18-15(19)8-6-4-2-1-3-5-7-14(25-12-10-17(22)23)13-24-11-9-16(20)21;2*9-8(10)11-6-7-4-2-1-3-5-7/h14H,1-13H2,(H,18,19)(H,20,21)(H,22,23);2*1-5H,6H2,(H2,9,10). The third kappa shape index (κ3) is 31.8. The van der Waals surface area contributed by atoms with Gasteiger partial charge < -0.3 is 36.3 Å². The average molecular weight is 697 g/mol. The van der Waals surface area contributed by atoms with E-state index < -0.39 is 30.1 Å². The molecular weight excluding hydrogens is 649 g/mol. The van der Waals surface area contributed by atoms with Crippen LogP contribution in [0.3, 0.4) is 0 Å². The first-order chi connectivity index (χ1) is 22.5. The summed E-state index contributed by atoms with van der Waals surface area (Å²) >= 11 is 3.29. The molecular formula is C33H48N2O10S2. The Balaban J connectivity index is 0.000000783. The van der Waals surface area contributed by atoms with Gasteiger partial charge in [0.25, 0.3) is 0 Å². The molecule has 14 heteroatoms. The van der Waals surface area contributed by atoms with Crippen molar-refractivity contribution >= 4 is 53.6 Å². The Labute approximate surface area is 285 Å². The summed E-state index contributed by atoms with van der Waals surface area (Å²) in [4.78, 5) is 51.9. The number of hydrogen-bond donors (Lipinski definition) is 5. The largest absolute Gasteiger partial charge is 0.481 e. The minimum absolute atomic E-state index is 0.157. The van der Waals surface area contributed by atoms with E-state index in [-0.39, 0.29) is 32.5 Å². The molecule has 0 saturated heterocycles. The van der Waals surface area contributed by atoms with Crippen LogP contribution in [0.25, 0.3) is 0 Å². The van der Waals surface area contributed by atoms with Crippen molar-refractivity contribution in [2.45, 2.75) is 82.7 Å². The molecule has 12 nitrogen and oxygen atoms in total. The number of carboxylic acids is 3. The van der Waals surface area contributed by atoms with E-state index in [1.807, 2.05) is 60.7 Å². The van der Waals surface area contributed by atoms with Gasteiger partial charge in [-0.2, -0.15) is 23.5 Å². The lowest BCUT2D eigenvalue weighted by molar-refractivity contribution is -0.138. The quantitative estimate of drug-likeness (QED) is 0.0829. The van der Waals surface area contributed by atoms with Gasteiger partial charge in [-0.25, -0.2) is 9.59 Å². The highest BCUT2D eigenvalue weighted by Crippen LogP contribution is 2.24. The van der Waals surface area contributed by atoms with Crippen LogP contribution in [0.2, 0.25) is 0 Å². The maximum absolute atomic E-state index is 10.6. The molecule has 0 saturated carbocycles. The average Bonchev–Trinajstić information content (AvgIpc) is 3.03. The summed E-state index contributed by atoms with van der Waals surface area (Å²) in [5, 5.41) is 26.3. The number of ether oxygens (including phenoxy) is 2. The fraction of sp³-hybridized carbons (Fsp3) is 0.485. The first-order valence-electron chi connectivity index (χ1n) is 15.3. The summed E-state index contributed by atoms with van der Waals surface area (Å²) in [6.07, 6.45) is 6.11. The van der Waals surface area contributed by atoms with Crippen LogP contribution in [0.4, 0.5) is 9.59 Å². The van der Waals surface area contributed by atoms with Crippen LogP contribution in [-0.2, 0) is 37.1 Å². The summed E-state index contributed by atoms with van der Waals surface area (Å²) < 4.78 is 9.13. The second-order valence-electron chi connectivity index (χ2n) is 10.1. The zero-order valence-electron chi connectivity index (χ0n) is 26.6. The number of rotatable bonds is 22. The molecule has 0 aliphatic carbocycles. The van der Waals surface area contributed by atoms with E-state index in [0.29, 0.717) is 16.8 Å². The molecule has 0 fully saturated rings. The van der Waals surface area contributed by atoms with Crippen molar-refractivity contribution in [1.82, 2.24) is 0 Å². The fourth-order valence-corrected chi connectivity index (χ4v) is 6.26. The molecule has 0 aliphatic heterocycles. The summed E-state index contributed by atoms with van der Waals surface area (Å²) in [5.41, 5.74) is 11.4. The summed E-state index contributed by atoms with van der Waals surface area (Å²) in [6, 6.07) is 18.7. The number of primary amides is 2. The van der Waals surface area contributed by atoms with Gasteiger partial charge in [0.1, 0.15) is 13.2 Å². The number of carboxylic acid groups (broad SMARTS) is 3. The third-order valence-electron chi connectivity index (χ3n) is 6.05. The Bertz CT molecular complexity index is 1090. The molecule has 2 aromatic carbocycles. The van der Waals surface area contributed by atoms with Gasteiger partial charge in [-0.05, 0) is 24.0 Å². The minimum Gasteiger partial charge on any atom is -0.481 e. The molecule has 1 atom stereocenters. The van der Waals surface area contributed by atoms with Gasteiger partial charge in [0.15, 0.2) is 0 Å². The smallest absolute Gasteiger partial charge is 0.404 e. The van der Waals surface area contributed by atoms with Crippen molar-refractivity contribution in [3.8, 4) is 0 Å². The number of amides is 2. The molecule has 47 heavy (non-hydrogen) atoms. The molecule has 2 amide bonds. The second kappa shape index (κ2) is 29.5. The van der Waals surface area contributed by atoms with E-state index in [2.05, 4.69) is 9.47 Å². The molecule has 0 aromatic heterocycles. The van der Waals surface area contributed by atoms with Crippen molar-refractivity contribution in [2.24, 2.45) is 11.5 Å². The summed E-state index contributed by atoms with van der Waals surface area (Å²) in [6.45, 7) is 0.492. The number of unbranched alkanes of at least 4 members (excludes halogenated alkanes) is 5. The van der Waals surface area contributed by atoms with Crippen LogP contribution in [0.1, 0.15) is 75.3 Å². The maximum atomic E-state index is 10.6. The Morgan fingerprint density at radius 1 is 0.596 bits per heavy atom. The number of carbonyl (C=O) groups excluding carboxylic acids is 2.